The van der Waals surface area contributed by atoms with Crippen molar-refractivity contribution in [1.29, 1.82) is 0 Å². The number of aliphatic hydroxyl groups excluding tert-OH is 2. The highest BCUT2D eigenvalue weighted by Gasteiger charge is 2.31. The average Bonchev–Trinajstić information content (AvgIpc) is 3.14. The number of aromatic nitrogens is 2. The third-order valence-corrected chi connectivity index (χ3v) is 5.86. The van der Waals surface area contributed by atoms with E-state index in [1.165, 1.54) is 11.1 Å². The Balaban J connectivity index is 1.76. The summed E-state index contributed by atoms with van der Waals surface area (Å²) >= 11 is 0. The normalized spacial score (nSPS) is 20.5. The first-order valence-corrected chi connectivity index (χ1v) is 11.2. The monoisotopic (exact) mass is 469 g/mol. The van der Waals surface area contributed by atoms with Crippen LogP contribution in [0.4, 0.5) is 5.82 Å². The molecule has 2 aliphatic rings. The second-order valence-corrected chi connectivity index (χ2v) is 8.30. The van der Waals surface area contributed by atoms with Crippen molar-refractivity contribution in [3.05, 3.63) is 34.2 Å². The highest BCUT2D eigenvalue weighted by atomic mass is 16.6. The Morgan fingerprint density at radius 1 is 1.15 bits per heavy atom. The Labute approximate surface area is 193 Å². The number of rotatable bonds is 11. The third kappa shape index (κ3) is 7.09. The lowest BCUT2D eigenvalue weighted by Gasteiger charge is -2.30. The molecule has 0 aliphatic carbocycles. The van der Waals surface area contributed by atoms with E-state index in [0.29, 0.717) is 64.2 Å². The summed E-state index contributed by atoms with van der Waals surface area (Å²) in [5, 5.41) is 33.2. The Hall–Kier alpha value is -2.29. The minimum atomic E-state index is -0.875. The van der Waals surface area contributed by atoms with Crippen molar-refractivity contribution in [3.63, 3.8) is 0 Å². The molecule has 33 heavy (non-hydrogen) atoms. The number of hydrogen-bond donors (Lipinski definition) is 3. The van der Waals surface area contributed by atoms with Gasteiger partial charge in [-0.25, -0.2) is 9.88 Å². The van der Waals surface area contributed by atoms with Gasteiger partial charge >= 0.3 is 5.82 Å². The van der Waals surface area contributed by atoms with Gasteiger partial charge in [0.2, 0.25) is 5.82 Å². The molecule has 13 heteroatoms. The van der Waals surface area contributed by atoms with Crippen LogP contribution in [0.2, 0.25) is 0 Å². The zero-order valence-corrected chi connectivity index (χ0v) is 19.1. The van der Waals surface area contributed by atoms with E-state index in [-0.39, 0.29) is 18.9 Å². The van der Waals surface area contributed by atoms with Crippen LogP contribution in [0.5, 0.6) is 0 Å². The number of aryl methyl sites for hydroxylation is 1. The van der Waals surface area contributed by atoms with Crippen LogP contribution in [0.1, 0.15) is 5.82 Å². The van der Waals surface area contributed by atoms with Crippen molar-refractivity contribution in [1.82, 2.24) is 19.4 Å². The van der Waals surface area contributed by atoms with Crippen LogP contribution in [-0.4, -0.2) is 119 Å². The maximum Gasteiger partial charge on any atom is 0.340 e. The molecule has 2 aliphatic heterocycles. The van der Waals surface area contributed by atoms with Gasteiger partial charge in [0.05, 0.1) is 51.5 Å². The molecule has 0 radical (unpaired) electrons. The molecule has 13 nitrogen and oxygen atoms in total. The second-order valence-electron chi connectivity index (χ2n) is 8.30. The number of ether oxygens (including phenoxy) is 2. The summed E-state index contributed by atoms with van der Waals surface area (Å²) in [6.07, 6.45) is 0.833. The van der Waals surface area contributed by atoms with E-state index in [1.54, 1.807) is 11.5 Å². The molecule has 3 rings (SSSR count). The van der Waals surface area contributed by atoms with Gasteiger partial charge in [-0.15, -0.1) is 0 Å². The first-order chi connectivity index (χ1) is 15.9. The summed E-state index contributed by atoms with van der Waals surface area (Å²) in [6, 6.07) is 0. The predicted molar refractivity (Wildman–Crippen MR) is 120 cm³/mol. The number of aliphatic hydroxyl groups is 2. The summed E-state index contributed by atoms with van der Waals surface area (Å²) in [5.74, 6) is 0.626. The van der Waals surface area contributed by atoms with Crippen molar-refractivity contribution >= 4 is 5.82 Å². The van der Waals surface area contributed by atoms with Gasteiger partial charge in [-0.2, -0.15) is 0 Å². The molecule has 2 fully saturated rings. The second kappa shape index (κ2) is 12.3. The molecule has 186 valence electrons. The molecule has 0 aromatic carbocycles. The minimum absolute atomic E-state index is 0.0495. The molecule has 2 saturated heterocycles. The van der Waals surface area contributed by atoms with Gasteiger partial charge in [-0.1, -0.05) is 0 Å². The van der Waals surface area contributed by atoms with Gasteiger partial charge in [0.1, 0.15) is 18.5 Å². The molecule has 1 aromatic rings. The topological polar surface area (TPSA) is 156 Å². The van der Waals surface area contributed by atoms with Crippen LogP contribution in [0.15, 0.2) is 18.2 Å². The zero-order valence-electron chi connectivity index (χ0n) is 19.1. The van der Waals surface area contributed by atoms with Crippen LogP contribution in [0.25, 0.3) is 0 Å². The zero-order chi connectivity index (χ0) is 23.8. The maximum atomic E-state index is 11.7. The van der Waals surface area contributed by atoms with Crippen molar-refractivity contribution in [2.45, 2.75) is 25.7 Å². The fourth-order valence-corrected chi connectivity index (χ4v) is 4.15. The first-order valence-electron chi connectivity index (χ1n) is 11.2. The Morgan fingerprint density at radius 2 is 1.70 bits per heavy atom. The standard InChI is InChI=1S/C20H35N7O6/c1-16-22-11-20(25(16)14-17(28)12-23-2-6-32-7-3-23)26(19(10-21)27(30)31)15-18(29)13-24-4-8-33-9-5-24/h10-11,17-18,28-29H,2-9,12-15,21H2,1H3. The van der Waals surface area contributed by atoms with Crippen LogP contribution in [-0.2, 0) is 16.0 Å². The van der Waals surface area contributed by atoms with Gasteiger partial charge in [-0.05, 0) is 11.8 Å². The lowest BCUT2D eigenvalue weighted by atomic mass is 10.2. The van der Waals surface area contributed by atoms with Crippen molar-refractivity contribution in [2.75, 3.05) is 77.1 Å². The quantitative estimate of drug-likeness (QED) is 0.254. The smallest absolute Gasteiger partial charge is 0.340 e. The predicted octanol–water partition coefficient (Wildman–Crippen LogP) is -1.58. The van der Waals surface area contributed by atoms with E-state index in [4.69, 9.17) is 15.2 Å². The SMILES string of the molecule is Cc1ncc(N(CC(O)CN2CCOCC2)C(=CN)[N+](=O)[O-])n1CC(O)CN1CCOCC1. The van der Waals surface area contributed by atoms with Crippen molar-refractivity contribution < 1.29 is 24.6 Å². The summed E-state index contributed by atoms with van der Waals surface area (Å²) in [7, 11) is 0. The molecule has 2 unspecified atom stereocenters. The van der Waals surface area contributed by atoms with E-state index >= 15 is 0 Å². The number of morpholine rings is 2. The number of hydrogen-bond acceptors (Lipinski definition) is 11. The summed E-state index contributed by atoms with van der Waals surface area (Å²) in [6.45, 7) is 8.03. The van der Waals surface area contributed by atoms with Gasteiger partial charge in [0, 0.05) is 39.3 Å². The molecule has 0 bridgehead atoms. The van der Waals surface area contributed by atoms with E-state index in [0.717, 1.165) is 19.3 Å². The molecule has 1 aromatic heterocycles. The van der Waals surface area contributed by atoms with Crippen LogP contribution >= 0.6 is 0 Å². The van der Waals surface area contributed by atoms with Gasteiger partial charge < -0.3 is 35.5 Å². The van der Waals surface area contributed by atoms with Gasteiger partial charge in [0.15, 0.2) is 0 Å². The Kier molecular flexibility index (Phi) is 9.41. The van der Waals surface area contributed by atoms with Crippen LogP contribution < -0.4 is 10.6 Å². The van der Waals surface area contributed by atoms with E-state index in [1.807, 2.05) is 0 Å². The number of anilines is 1. The fourth-order valence-electron chi connectivity index (χ4n) is 4.15. The minimum Gasteiger partial charge on any atom is -0.398 e. The van der Waals surface area contributed by atoms with Crippen LogP contribution in [0, 0.1) is 17.0 Å². The number of nitro groups is 1. The van der Waals surface area contributed by atoms with Crippen molar-refractivity contribution in [2.24, 2.45) is 5.73 Å². The van der Waals surface area contributed by atoms with Gasteiger partial charge in [0.25, 0.3) is 0 Å². The van der Waals surface area contributed by atoms with Crippen molar-refractivity contribution in [3.8, 4) is 0 Å². The highest BCUT2D eigenvalue weighted by molar-refractivity contribution is 5.45. The number of nitrogens with two attached hydrogens (primary N) is 1. The molecular weight excluding hydrogens is 434 g/mol. The molecule has 0 saturated carbocycles. The lowest BCUT2D eigenvalue weighted by Crippen LogP contribution is -2.46. The fraction of sp³-hybridized carbons (Fsp3) is 0.750. The Bertz CT molecular complexity index is 792. The van der Waals surface area contributed by atoms with Crippen LogP contribution in [0.3, 0.4) is 0 Å². The summed E-state index contributed by atoms with van der Waals surface area (Å²) in [5.41, 5.74) is 5.60. The molecule has 0 spiro atoms. The molecule has 2 atom stereocenters. The Morgan fingerprint density at radius 3 is 2.21 bits per heavy atom. The first kappa shape index (κ1) is 25.3. The van der Waals surface area contributed by atoms with Gasteiger partial charge in [-0.3, -0.25) is 14.4 Å². The lowest BCUT2D eigenvalue weighted by molar-refractivity contribution is -0.427. The molecule has 3 heterocycles. The average molecular weight is 470 g/mol. The number of imidazole rings is 1. The maximum absolute atomic E-state index is 11.7. The third-order valence-electron chi connectivity index (χ3n) is 5.86. The molecular formula is C20H35N7O6. The number of nitrogens with zero attached hydrogens (tertiary/aromatic N) is 6. The summed E-state index contributed by atoms with van der Waals surface area (Å²) < 4.78 is 12.4. The molecule has 0 amide bonds. The number of β-amino-alcohol motifs (C(OH)–C–C–N with tert-alkyl or cyclic N) is 2. The van der Waals surface area contributed by atoms with E-state index in [9.17, 15) is 20.3 Å². The summed E-state index contributed by atoms with van der Waals surface area (Å²) in [4.78, 5) is 21.0. The molecule has 4 N–H and O–H groups in total. The highest BCUT2D eigenvalue weighted by Crippen LogP contribution is 2.23. The van der Waals surface area contributed by atoms with E-state index < -0.39 is 17.1 Å². The largest absolute Gasteiger partial charge is 0.398 e. The van der Waals surface area contributed by atoms with E-state index in [2.05, 4.69) is 14.8 Å².